The van der Waals surface area contributed by atoms with Gasteiger partial charge in [0.2, 0.25) is 0 Å². The lowest BCUT2D eigenvalue weighted by atomic mass is 9.96. The van der Waals surface area contributed by atoms with E-state index < -0.39 is 23.5 Å². The molecule has 0 aliphatic carbocycles. The van der Waals surface area contributed by atoms with E-state index in [1.165, 1.54) is 30.5 Å². The molecule has 3 aromatic carbocycles. The number of likely N-dealkylation sites (tertiary alicyclic amines) is 1. The molecular formula is C29H24F6N4O. The Bertz CT molecular complexity index is 1450. The van der Waals surface area contributed by atoms with Gasteiger partial charge in [0.1, 0.15) is 5.69 Å². The van der Waals surface area contributed by atoms with E-state index in [1.807, 2.05) is 30.3 Å². The van der Waals surface area contributed by atoms with Crippen LogP contribution in [-0.4, -0.2) is 38.5 Å². The molecule has 0 bridgehead atoms. The highest BCUT2D eigenvalue weighted by Crippen LogP contribution is 2.39. The summed E-state index contributed by atoms with van der Waals surface area (Å²) in [6, 6.07) is 16.9. The summed E-state index contributed by atoms with van der Waals surface area (Å²) in [4.78, 5) is 15.1. The Hall–Kier alpha value is -4.15. The number of alkyl halides is 6. The summed E-state index contributed by atoms with van der Waals surface area (Å²) in [5.74, 6) is 0. The van der Waals surface area contributed by atoms with Gasteiger partial charge in [-0.2, -0.15) is 31.0 Å². The third kappa shape index (κ3) is 6.03. The van der Waals surface area contributed by atoms with Gasteiger partial charge in [0.25, 0.3) is 0 Å². The topological polar surface area (TPSA) is 51.0 Å². The van der Waals surface area contributed by atoms with Gasteiger partial charge < -0.3 is 4.90 Å². The number of carbonyl (C=O) groups is 1. The molecule has 1 saturated heterocycles. The van der Waals surface area contributed by atoms with Crippen molar-refractivity contribution in [3.8, 4) is 22.4 Å². The Morgan fingerprint density at radius 2 is 1.43 bits per heavy atom. The molecule has 1 aliphatic rings. The van der Waals surface area contributed by atoms with Gasteiger partial charge in [-0.05, 0) is 60.6 Å². The van der Waals surface area contributed by atoms with Gasteiger partial charge in [0.15, 0.2) is 0 Å². The molecule has 1 fully saturated rings. The molecule has 208 valence electrons. The molecule has 0 N–H and O–H groups in total. The van der Waals surface area contributed by atoms with Crippen LogP contribution in [-0.2, 0) is 18.8 Å². The number of piperidine rings is 1. The van der Waals surface area contributed by atoms with Crippen molar-refractivity contribution in [3.63, 3.8) is 0 Å². The molecule has 1 aromatic heterocycles. The highest BCUT2D eigenvalue weighted by Gasteiger charge is 2.37. The third-order valence-corrected chi connectivity index (χ3v) is 6.98. The fourth-order valence-corrected chi connectivity index (χ4v) is 4.93. The number of hydrogen-bond donors (Lipinski definition) is 0. The maximum atomic E-state index is 13.3. The number of halogens is 6. The summed E-state index contributed by atoms with van der Waals surface area (Å²) >= 11 is 0. The monoisotopic (exact) mass is 558 g/mol. The molecule has 0 saturated carbocycles. The number of aromatic nitrogens is 3. The summed E-state index contributed by atoms with van der Waals surface area (Å²) in [5.41, 5.74) is -0.836. The van der Waals surface area contributed by atoms with Gasteiger partial charge >= 0.3 is 18.4 Å². The largest absolute Gasteiger partial charge is 0.416 e. The van der Waals surface area contributed by atoms with Crippen molar-refractivity contribution in [3.05, 3.63) is 95.7 Å². The maximum absolute atomic E-state index is 13.3. The summed E-state index contributed by atoms with van der Waals surface area (Å²) in [6.45, 7) is 0.594. The predicted molar refractivity (Wildman–Crippen MR) is 136 cm³/mol. The average Bonchev–Trinajstić information content (AvgIpc) is 3.43. The van der Waals surface area contributed by atoms with Gasteiger partial charge in [-0.3, -0.25) is 0 Å². The fourth-order valence-electron chi connectivity index (χ4n) is 4.93. The number of amides is 1. The van der Waals surface area contributed by atoms with Crippen LogP contribution in [0.2, 0.25) is 0 Å². The zero-order chi connectivity index (χ0) is 28.5. The van der Waals surface area contributed by atoms with E-state index in [2.05, 4.69) is 10.3 Å². The second-order valence-corrected chi connectivity index (χ2v) is 9.74. The molecule has 1 atom stereocenters. The summed E-state index contributed by atoms with van der Waals surface area (Å²) in [5, 5.41) is 8.07. The molecule has 0 spiro atoms. The molecule has 1 aliphatic heterocycles. The first-order valence-electron chi connectivity index (χ1n) is 12.7. The van der Waals surface area contributed by atoms with Crippen LogP contribution in [0.25, 0.3) is 22.4 Å². The Balaban J connectivity index is 1.36. The van der Waals surface area contributed by atoms with Gasteiger partial charge in [0, 0.05) is 18.2 Å². The van der Waals surface area contributed by atoms with E-state index in [9.17, 15) is 31.1 Å². The second-order valence-electron chi connectivity index (χ2n) is 9.74. The van der Waals surface area contributed by atoms with Crippen LogP contribution in [0.1, 0.15) is 36.0 Å². The number of rotatable bonds is 4. The number of carbonyl (C=O) groups excluding carboxylic acids is 1. The van der Waals surface area contributed by atoms with Crippen molar-refractivity contribution >= 4 is 6.03 Å². The van der Waals surface area contributed by atoms with Gasteiger partial charge in [-0.25, -0.2) is 4.79 Å². The number of benzene rings is 3. The molecule has 4 aromatic rings. The van der Waals surface area contributed by atoms with Crippen molar-refractivity contribution in [2.24, 2.45) is 0 Å². The van der Waals surface area contributed by atoms with E-state index in [-0.39, 0.29) is 29.3 Å². The third-order valence-electron chi connectivity index (χ3n) is 6.98. The zero-order valence-electron chi connectivity index (χ0n) is 21.1. The minimum atomic E-state index is -4.94. The Labute approximate surface area is 226 Å². The lowest BCUT2D eigenvalue weighted by Gasteiger charge is -2.35. The molecule has 40 heavy (non-hydrogen) atoms. The lowest BCUT2D eigenvalue weighted by Crippen LogP contribution is -2.46. The minimum absolute atomic E-state index is 0.0182. The van der Waals surface area contributed by atoms with Crippen molar-refractivity contribution in [2.45, 2.75) is 44.1 Å². The van der Waals surface area contributed by atoms with Gasteiger partial charge in [-0.1, -0.05) is 59.8 Å². The van der Waals surface area contributed by atoms with Gasteiger partial charge in [0.05, 0.1) is 17.3 Å². The minimum Gasteiger partial charge on any atom is -0.320 e. The summed E-state index contributed by atoms with van der Waals surface area (Å²) in [7, 11) is 0. The van der Waals surface area contributed by atoms with Crippen LogP contribution in [0.4, 0.5) is 31.1 Å². The van der Waals surface area contributed by atoms with Crippen LogP contribution in [0.3, 0.4) is 0 Å². The Morgan fingerprint density at radius 3 is 2.05 bits per heavy atom. The predicted octanol–water partition coefficient (Wildman–Crippen LogP) is 7.72. The maximum Gasteiger partial charge on any atom is 0.416 e. The highest BCUT2D eigenvalue weighted by molar-refractivity contribution is 5.78. The number of nitrogens with zero attached hydrogens (tertiary/aromatic N) is 4. The first kappa shape index (κ1) is 27.4. The first-order chi connectivity index (χ1) is 19.0. The van der Waals surface area contributed by atoms with Crippen molar-refractivity contribution < 1.29 is 31.1 Å². The van der Waals surface area contributed by atoms with Crippen LogP contribution in [0.15, 0.2) is 79.0 Å². The highest BCUT2D eigenvalue weighted by atomic mass is 19.4. The smallest absolute Gasteiger partial charge is 0.320 e. The Kier molecular flexibility index (Phi) is 7.39. The van der Waals surface area contributed by atoms with Gasteiger partial charge in [-0.15, -0.1) is 5.10 Å². The molecule has 1 unspecified atom stereocenters. The van der Waals surface area contributed by atoms with E-state index in [1.54, 1.807) is 4.90 Å². The van der Waals surface area contributed by atoms with Crippen molar-refractivity contribution in [1.29, 1.82) is 0 Å². The second kappa shape index (κ2) is 10.8. The normalized spacial score (nSPS) is 16.2. The average molecular weight is 559 g/mol. The summed E-state index contributed by atoms with van der Waals surface area (Å²) < 4.78 is 80.7. The van der Waals surface area contributed by atoms with E-state index in [0.29, 0.717) is 29.9 Å². The fraction of sp³-hybridized carbons (Fsp3) is 0.276. The van der Waals surface area contributed by atoms with Crippen LogP contribution >= 0.6 is 0 Å². The molecule has 2 heterocycles. The standard InChI is InChI=1S/C29H24F6N4O/c30-28(31,32)23-15-22(16-24(17-23)29(33,34)35)20-9-11-21(12-10-20)26-18-39(37-36-26)27(40)38-13-5-4-8-25(38)14-19-6-2-1-3-7-19/h1-3,6-7,9-12,15-18,25H,4-5,8,13-14H2. The number of hydrogen-bond acceptors (Lipinski definition) is 3. The molecule has 1 amide bonds. The molecule has 5 nitrogen and oxygen atoms in total. The quantitative estimate of drug-likeness (QED) is 0.241. The summed E-state index contributed by atoms with van der Waals surface area (Å²) in [6.07, 6.45) is -4.91. The zero-order valence-corrected chi connectivity index (χ0v) is 21.1. The first-order valence-corrected chi connectivity index (χ1v) is 12.7. The van der Waals surface area contributed by atoms with Crippen LogP contribution in [0, 0.1) is 0 Å². The van der Waals surface area contributed by atoms with E-state index in [4.69, 9.17) is 0 Å². The van der Waals surface area contributed by atoms with E-state index in [0.717, 1.165) is 35.9 Å². The van der Waals surface area contributed by atoms with Crippen LogP contribution < -0.4 is 0 Å². The van der Waals surface area contributed by atoms with Crippen molar-refractivity contribution in [2.75, 3.05) is 6.54 Å². The lowest BCUT2D eigenvalue weighted by molar-refractivity contribution is -0.143. The molecule has 11 heteroatoms. The molecule has 5 rings (SSSR count). The van der Waals surface area contributed by atoms with Crippen molar-refractivity contribution in [1.82, 2.24) is 19.9 Å². The SMILES string of the molecule is O=C(N1CCCCC1Cc1ccccc1)n1cc(-c2ccc(-c3cc(C(F)(F)F)cc(C(F)(F)F)c3)cc2)nn1. The van der Waals surface area contributed by atoms with E-state index >= 15 is 0 Å². The molecule has 0 radical (unpaired) electrons. The van der Waals surface area contributed by atoms with Crippen LogP contribution in [0.5, 0.6) is 0 Å². The Morgan fingerprint density at radius 1 is 0.800 bits per heavy atom. The molecular weight excluding hydrogens is 534 g/mol.